The van der Waals surface area contributed by atoms with Crippen molar-refractivity contribution in [3.05, 3.63) is 65.0 Å². The smallest absolute Gasteiger partial charge is 0.264 e. The maximum absolute atomic E-state index is 12.8. The number of benzene rings is 2. The van der Waals surface area contributed by atoms with Crippen molar-refractivity contribution in [1.82, 2.24) is 4.90 Å². The Balaban J connectivity index is 1.82. The van der Waals surface area contributed by atoms with Gasteiger partial charge >= 0.3 is 0 Å². The summed E-state index contributed by atoms with van der Waals surface area (Å²) in [5, 5.41) is 1.12. The van der Waals surface area contributed by atoms with E-state index >= 15 is 0 Å². The number of amides is 1. The second-order valence-corrected chi connectivity index (χ2v) is 6.60. The Morgan fingerprint density at radius 3 is 2.48 bits per heavy atom. The van der Waals surface area contributed by atoms with Crippen LogP contribution < -0.4 is 4.74 Å². The molecule has 0 saturated heterocycles. The van der Waals surface area contributed by atoms with Gasteiger partial charge in [0.05, 0.1) is 18.0 Å². The molecular weight excluding hydrogens is 306 g/mol. The van der Waals surface area contributed by atoms with Gasteiger partial charge in [0.15, 0.2) is 0 Å². The van der Waals surface area contributed by atoms with Crippen LogP contribution in [-0.2, 0) is 0 Å². The number of ether oxygens (including phenoxy) is 1. The molecule has 3 nitrogen and oxygen atoms in total. The highest BCUT2D eigenvalue weighted by Gasteiger charge is 2.20. The molecule has 1 atom stereocenters. The Labute approximate surface area is 140 Å². The summed E-state index contributed by atoms with van der Waals surface area (Å²) in [6, 6.07) is 17.9. The summed E-state index contributed by atoms with van der Waals surface area (Å²) in [5.74, 6) is 0.869. The lowest BCUT2D eigenvalue weighted by molar-refractivity contribution is 0.0747. The van der Waals surface area contributed by atoms with Crippen molar-refractivity contribution in [2.24, 2.45) is 0 Å². The van der Waals surface area contributed by atoms with Gasteiger partial charge in [0.1, 0.15) is 5.75 Å². The minimum atomic E-state index is -0.00128. The Hall–Kier alpha value is -2.33. The van der Waals surface area contributed by atoms with Gasteiger partial charge in [0.25, 0.3) is 5.91 Å². The van der Waals surface area contributed by atoms with E-state index in [1.165, 1.54) is 0 Å². The van der Waals surface area contributed by atoms with Gasteiger partial charge in [-0.15, -0.1) is 11.3 Å². The highest BCUT2D eigenvalue weighted by Crippen LogP contribution is 2.29. The standard InChI is InChI=1S/C19H19NO2S/c1-13(14-8-10-16(22-3)11-9-14)20(2)19(21)18-12-15-6-4-5-7-17(15)23-18/h4-13H,1-3H3. The molecule has 3 rings (SSSR count). The molecule has 1 heterocycles. The SMILES string of the molecule is COc1ccc(C(C)N(C)C(=O)c2cc3ccccc3s2)cc1. The Kier molecular flexibility index (Phi) is 4.35. The molecular formula is C19H19NO2S. The van der Waals surface area contributed by atoms with Crippen LogP contribution in [0.1, 0.15) is 28.2 Å². The fourth-order valence-corrected chi connectivity index (χ4v) is 3.59. The second-order valence-electron chi connectivity index (χ2n) is 5.51. The van der Waals surface area contributed by atoms with Crippen molar-refractivity contribution in [3.8, 4) is 5.75 Å². The number of methoxy groups -OCH3 is 1. The van der Waals surface area contributed by atoms with E-state index in [-0.39, 0.29) is 11.9 Å². The lowest BCUT2D eigenvalue weighted by Crippen LogP contribution is -2.29. The zero-order valence-corrected chi connectivity index (χ0v) is 14.3. The van der Waals surface area contributed by atoms with Crippen LogP contribution in [0.3, 0.4) is 0 Å². The van der Waals surface area contributed by atoms with Gasteiger partial charge in [-0.3, -0.25) is 4.79 Å². The fourth-order valence-electron chi connectivity index (χ4n) is 2.54. The number of carbonyl (C=O) groups excluding carboxylic acids is 1. The number of hydrogen-bond acceptors (Lipinski definition) is 3. The molecule has 0 spiro atoms. The van der Waals surface area contributed by atoms with Crippen LogP contribution in [-0.4, -0.2) is 25.0 Å². The molecule has 4 heteroatoms. The molecule has 0 saturated carbocycles. The number of nitrogens with zero attached hydrogens (tertiary/aromatic N) is 1. The molecule has 0 aliphatic rings. The molecule has 1 amide bonds. The topological polar surface area (TPSA) is 29.5 Å². The minimum absolute atomic E-state index is 0.00128. The maximum Gasteiger partial charge on any atom is 0.264 e. The zero-order valence-electron chi connectivity index (χ0n) is 13.4. The molecule has 0 fully saturated rings. The second kappa shape index (κ2) is 6.42. The van der Waals surface area contributed by atoms with Crippen LogP contribution in [0.15, 0.2) is 54.6 Å². The Bertz CT molecular complexity index is 790. The number of rotatable bonds is 4. The average molecular weight is 325 g/mol. The zero-order chi connectivity index (χ0) is 16.4. The molecule has 118 valence electrons. The predicted molar refractivity (Wildman–Crippen MR) is 95.3 cm³/mol. The molecule has 1 unspecified atom stereocenters. The summed E-state index contributed by atoms with van der Waals surface area (Å²) in [7, 11) is 3.50. The number of fused-ring (bicyclic) bond motifs is 1. The molecule has 0 bridgehead atoms. The van der Waals surface area contributed by atoms with Gasteiger partial charge in [-0.2, -0.15) is 0 Å². The Morgan fingerprint density at radius 1 is 1.13 bits per heavy atom. The van der Waals surface area contributed by atoms with E-state index in [0.717, 1.165) is 26.3 Å². The van der Waals surface area contributed by atoms with Crippen molar-refractivity contribution < 1.29 is 9.53 Å². The van der Waals surface area contributed by atoms with E-state index in [1.54, 1.807) is 23.3 Å². The molecule has 0 radical (unpaired) electrons. The number of thiophene rings is 1. The normalized spacial score (nSPS) is 12.1. The van der Waals surface area contributed by atoms with Gasteiger partial charge in [-0.1, -0.05) is 30.3 Å². The van der Waals surface area contributed by atoms with Crippen LogP contribution in [0, 0.1) is 0 Å². The molecule has 0 aliphatic carbocycles. The van der Waals surface area contributed by atoms with Crippen molar-refractivity contribution in [2.75, 3.05) is 14.2 Å². The summed E-state index contributed by atoms with van der Waals surface area (Å²) in [6.07, 6.45) is 0. The van der Waals surface area contributed by atoms with E-state index < -0.39 is 0 Å². The van der Waals surface area contributed by atoms with Gasteiger partial charge in [0, 0.05) is 11.7 Å². The first-order valence-corrected chi connectivity index (χ1v) is 8.31. The molecule has 2 aromatic carbocycles. The van der Waals surface area contributed by atoms with E-state index in [9.17, 15) is 4.79 Å². The first-order valence-electron chi connectivity index (χ1n) is 7.50. The van der Waals surface area contributed by atoms with Crippen molar-refractivity contribution in [3.63, 3.8) is 0 Å². The third kappa shape index (κ3) is 3.08. The van der Waals surface area contributed by atoms with Crippen LogP contribution in [0.2, 0.25) is 0 Å². The van der Waals surface area contributed by atoms with E-state index in [2.05, 4.69) is 0 Å². The van der Waals surface area contributed by atoms with Crippen LogP contribution in [0.25, 0.3) is 10.1 Å². The van der Waals surface area contributed by atoms with Crippen molar-refractivity contribution in [1.29, 1.82) is 0 Å². The summed E-state index contributed by atoms with van der Waals surface area (Å²) in [4.78, 5) is 15.3. The third-order valence-corrected chi connectivity index (χ3v) is 5.24. The largest absolute Gasteiger partial charge is 0.497 e. The Morgan fingerprint density at radius 2 is 1.83 bits per heavy atom. The average Bonchev–Trinajstić information content (AvgIpc) is 3.04. The quantitative estimate of drug-likeness (QED) is 0.693. The highest BCUT2D eigenvalue weighted by molar-refractivity contribution is 7.20. The number of hydrogen-bond donors (Lipinski definition) is 0. The third-order valence-electron chi connectivity index (χ3n) is 4.14. The minimum Gasteiger partial charge on any atom is -0.497 e. The van der Waals surface area contributed by atoms with Gasteiger partial charge in [-0.25, -0.2) is 0 Å². The molecule has 23 heavy (non-hydrogen) atoms. The summed E-state index contributed by atoms with van der Waals surface area (Å²) in [6.45, 7) is 2.03. The molecule has 0 N–H and O–H groups in total. The van der Waals surface area contributed by atoms with Gasteiger partial charge < -0.3 is 9.64 Å². The van der Waals surface area contributed by atoms with Crippen molar-refractivity contribution >= 4 is 27.3 Å². The first-order chi connectivity index (χ1) is 11.1. The van der Waals surface area contributed by atoms with Crippen LogP contribution in [0.4, 0.5) is 0 Å². The van der Waals surface area contributed by atoms with E-state index in [1.807, 2.05) is 68.6 Å². The number of carbonyl (C=O) groups is 1. The lowest BCUT2D eigenvalue weighted by atomic mass is 10.1. The summed E-state index contributed by atoms with van der Waals surface area (Å²) >= 11 is 1.54. The maximum atomic E-state index is 12.8. The van der Waals surface area contributed by atoms with Gasteiger partial charge in [-0.05, 0) is 42.1 Å². The summed E-state index contributed by atoms with van der Waals surface area (Å²) < 4.78 is 6.32. The molecule has 0 aliphatic heterocycles. The van der Waals surface area contributed by atoms with E-state index in [0.29, 0.717) is 0 Å². The van der Waals surface area contributed by atoms with Crippen LogP contribution in [0.5, 0.6) is 5.75 Å². The van der Waals surface area contributed by atoms with Gasteiger partial charge in [0.2, 0.25) is 0 Å². The van der Waals surface area contributed by atoms with Crippen molar-refractivity contribution in [2.45, 2.75) is 13.0 Å². The first kappa shape index (κ1) is 15.6. The predicted octanol–water partition coefficient (Wildman–Crippen LogP) is 4.74. The highest BCUT2D eigenvalue weighted by atomic mass is 32.1. The molecule has 1 aromatic heterocycles. The lowest BCUT2D eigenvalue weighted by Gasteiger charge is -2.25. The molecule has 3 aromatic rings. The fraction of sp³-hybridized carbons (Fsp3) is 0.211. The van der Waals surface area contributed by atoms with Crippen LogP contribution >= 0.6 is 11.3 Å². The monoisotopic (exact) mass is 325 g/mol. The summed E-state index contributed by atoms with van der Waals surface area (Å²) in [5.41, 5.74) is 1.09. The van der Waals surface area contributed by atoms with E-state index in [4.69, 9.17) is 4.74 Å².